The molecule has 1 unspecified atom stereocenters. The van der Waals surface area contributed by atoms with Crippen molar-refractivity contribution in [1.82, 2.24) is 0 Å². The van der Waals surface area contributed by atoms with Gasteiger partial charge in [-0.3, -0.25) is 0 Å². The Morgan fingerprint density at radius 3 is 2.36 bits per heavy atom. The van der Waals surface area contributed by atoms with E-state index in [9.17, 15) is 20.4 Å². The van der Waals surface area contributed by atoms with Gasteiger partial charge in [0.1, 0.15) is 24.4 Å². The Kier molecular flexibility index (Phi) is 3.46. The lowest BCUT2D eigenvalue weighted by Crippen LogP contribution is -2.52. The Morgan fingerprint density at radius 2 is 2.00 bits per heavy atom. The summed E-state index contributed by atoms with van der Waals surface area (Å²) in [6.07, 6.45) is -5.22. The molecule has 0 amide bonds. The average Bonchev–Trinajstić information content (AvgIpc) is 2.42. The quantitative estimate of drug-likeness (QED) is 0.352. The molecule has 1 heterocycles. The summed E-state index contributed by atoms with van der Waals surface area (Å²) in [5.74, 6) is -2.19. The molecule has 1 saturated heterocycles. The summed E-state index contributed by atoms with van der Waals surface area (Å²) in [5.41, 5.74) is 0. The van der Waals surface area contributed by atoms with E-state index in [0.29, 0.717) is 0 Å². The maximum atomic E-state index is 9.71. The maximum Gasteiger partial charge on any atom is 0.222 e. The minimum absolute atomic E-state index is 0.165. The first kappa shape index (κ1) is 11.8. The monoisotopic (exact) mass is 208 g/mol. The third-order valence-corrected chi connectivity index (χ3v) is 2.51. The molecular formula is C8H16O6. The summed E-state index contributed by atoms with van der Waals surface area (Å²) in [4.78, 5) is 0. The molecule has 0 bridgehead atoms. The van der Waals surface area contributed by atoms with Crippen LogP contribution in [0.15, 0.2) is 0 Å². The summed E-state index contributed by atoms with van der Waals surface area (Å²) < 4.78 is 4.83. The van der Waals surface area contributed by atoms with Gasteiger partial charge in [0.15, 0.2) is 0 Å². The molecule has 5 N–H and O–H groups in total. The van der Waals surface area contributed by atoms with E-state index in [-0.39, 0.29) is 6.42 Å². The molecule has 0 aromatic carbocycles. The molecule has 0 aromatic rings. The van der Waals surface area contributed by atoms with Crippen LogP contribution in [0.5, 0.6) is 0 Å². The van der Waals surface area contributed by atoms with Gasteiger partial charge in [0.05, 0.1) is 6.61 Å². The first-order chi connectivity index (χ1) is 6.47. The van der Waals surface area contributed by atoms with Gasteiger partial charge in [-0.25, -0.2) is 0 Å². The molecule has 1 aliphatic heterocycles. The molecule has 1 aliphatic rings. The van der Waals surface area contributed by atoms with Gasteiger partial charge in [0.2, 0.25) is 5.79 Å². The molecule has 84 valence electrons. The number of rotatable bonds is 3. The van der Waals surface area contributed by atoms with Crippen molar-refractivity contribution in [2.24, 2.45) is 0 Å². The third kappa shape index (κ3) is 1.65. The molecule has 14 heavy (non-hydrogen) atoms. The topological polar surface area (TPSA) is 110 Å². The summed E-state index contributed by atoms with van der Waals surface area (Å²) >= 11 is 0. The molecule has 0 spiro atoms. The zero-order valence-corrected chi connectivity index (χ0v) is 7.87. The highest BCUT2D eigenvalue weighted by molar-refractivity contribution is 4.98. The van der Waals surface area contributed by atoms with Gasteiger partial charge < -0.3 is 30.3 Å². The third-order valence-electron chi connectivity index (χ3n) is 2.51. The van der Waals surface area contributed by atoms with E-state index in [2.05, 4.69) is 0 Å². The first-order valence-electron chi connectivity index (χ1n) is 4.52. The van der Waals surface area contributed by atoms with E-state index in [1.165, 1.54) is 0 Å². The summed E-state index contributed by atoms with van der Waals surface area (Å²) in [6, 6.07) is 0. The SMILES string of the molecule is CCC(O)[C@]1(O)O[C@H](CO)[C@@H](O)[C@@H]1O. The van der Waals surface area contributed by atoms with E-state index in [0.717, 1.165) is 0 Å². The number of hydrogen-bond donors (Lipinski definition) is 5. The van der Waals surface area contributed by atoms with Crippen molar-refractivity contribution in [2.75, 3.05) is 6.61 Å². The highest BCUT2D eigenvalue weighted by Crippen LogP contribution is 2.32. The normalized spacial score (nSPS) is 45.4. The van der Waals surface area contributed by atoms with E-state index in [1.807, 2.05) is 0 Å². The number of ether oxygens (including phenoxy) is 1. The molecule has 1 rings (SSSR count). The molecular weight excluding hydrogens is 192 g/mol. The van der Waals surface area contributed by atoms with E-state index in [4.69, 9.17) is 9.84 Å². The second kappa shape index (κ2) is 4.09. The van der Waals surface area contributed by atoms with Crippen LogP contribution in [0.4, 0.5) is 0 Å². The predicted molar refractivity (Wildman–Crippen MR) is 45.2 cm³/mol. The molecule has 6 nitrogen and oxygen atoms in total. The van der Waals surface area contributed by atoms with Crippen LogP contribution in [0.2, 0.25) is 0 Å². The highest BCUT2D eigenvalue weighted by atomic mass is 16.7. The zero-order valence-electron chi connectivity index (χ0n) is 7.87. The fourth-order valence-electron chi connectivity index (χ4n) is 1.54. The summed E-state index contributed by atoms with van der Waals surface area (Å²) in [5, 5.41) is 46.6. The van der Waals surface area contributed by atoms with Crippen LogP contribution in [0.3, 0.4) is 0 Å². The van der Waals surface area contributed by atoms with Crippen molar-refractivity contribution in [3.63, 3.8) is 0 Å². The summed E-state index contributed by atoms with van der Waals surface area (Å²) in [6.45, 7) is 1.06. The zero-order chi connectivity index (χ0) is 10.9. The fourth-order valence-corrected chi connectivity index (χ4v) is 1.54. The molecule has 0 saturated carbocycles. The number of aliphatic hydroxyl groups excluding tert-OH is 4. The van der Waals surface area contributed by atoms with Crippen LogP contribution < -0.4 is 0 Å². The van der Waals surface area contributed by atoms with Crippen molar-refractivity contribution < 1.29 is 30.3 Å². The van der Waals surface area contributed by atoms with Crippen molar-refractivity contribution in [2.45, 2.75) is 43.5 Å². The van der Waals surface area contributed by atoms with Crippen LogP contribution in [0.25, 0.3) is 0 Å². The molecule has 6 heteroatoms. The van der Waals surface area contributed by atoms with Crippen molar-refractivity contribution >= 4 is 0 Å². The Morgan fingerprint density at radius 1 is 1.43 bits per heavy atom. The lowest BCUT2D eigenvalue weighted by molar-refractivity contribution is -0.278. The Bertz CT molecular complexity index is 196. The minimum atomic E-state index is -2.19. The second-order valence-electron chi connectivity index (χ2n) is 3.45. The maximum absolute atomic E-state index is 9.71. The van der Waals surface area contributed by atoms with Gasteiger partial charge in [-0.05, 0) is 6.42 Å². The van der Waals surface area contributed by atoms with Crippen LogP contribution in [-0.2, 0) is 4.74 Å². The lowest BCUT2D eigenvalue weighted by atomic mass is 9.99. The van der Waals surface area contributed by atoms with Gasteiger partial charge in [-0.15, -0.1) is 0 Å². The largest absolute Gasteiger partial charge is 0.394 e. The molecule has 0 radical (unpaired) electrons. The molecule has 1 fully saturated rings. The van der Waals surface area contributed by atoms with Crippen LogP contribution in [-0.4, -0.2) is 62.3 Å². The Hall–Kier alpha value is -0.240. The Balaban J connectivity index is 2.81. The van der Waals surface area contributed by atoms with E-state index < -0.39 is 36.8 Å². The van der Waals surface area contributed by atoms with Crippen LogP contribution in [0.1, 0.15) is 13.3 Å². The van der Waals surface area contributed by atoms with Gasteiger partial charge in [0, 0.05) is 0 Å². The lowest BCUT2D eigenvalue weighted by Gasteiger charge is -2.30. The van der Waals surface area contributed by atoms with Gasteiger partial charge in [-0.1, -0.05) is 6.92 Å². The van der Waals surface area contributed by atoms with Crippen molar-refractivity contribution in [3.8, 4) is 0 Å². The fraction of sp³-hybridized carbons (Fsp3) is 1.00. The van der Waals surface area contributed by atoms with E-state index >= 15 is 0 Å². The van der Waals surface area contributed by atoms with Crippen molar-refractivity contribution in [1.29, 1.82) is 0 Å². The van der Waals surface area contributed by atoms with Gasteiger partial charge >= 0.3 is 0 Å². The smallest absolute Gasteiger partial charge is 0.222 e. The average molecular weight is 208 g/mol. The number of aliphatic hydroxyl groups is 5. The highest BCUT2D eigenvalue weighted by Gasteiger charge is 2.56. The number of hydrogen-bond acceptors (Lipinski definition) is 6. The second-order valence-corrected chi connectivity index (χ2v) is 3.45. The van der Waals surface area contributed by atoms with E-state index in [1.54, 1.807) is 6.92 Å². The van der Waals surface area contributed by atoms with Crippen LogP contribution >= 0.6 is 0 Å². The van der Waals surface area contributed by atoms with Gasteiger partial charge in [-0.2, -0.15) is 0 Å². The summed E-state index contributed by atoms with van der Waals surface area (Å²) in [7, 11) is 0. The van der Waals surface area contributed by atoms with Crippen molar-refractivity contribution in [3.05, 3.63) is 0 Å². The van der Waals surface area contributed by atoms with Gasteiger partial charge in [0.25, 0.3) is 0 Å². The first-order valence-corrected chi connectivity index (χ1v) is 4.52. The van der Waals surface area contributed by atoms with Crippen LogP contribution in [0, 0.1) is 0 Å². The predicted octanol–water partition coefficient (Wildman–Crippen LogP) is -2.44. The molecule has 5 atom stereocenters. The standard InChI is InChI=1S/C8H16O6/c1-2-5(10)8(13)7(12)6(11)4(3-9)14-8/h4-7,9-13H,2-3H2,1H3/t4-,5?,6-,7+,8+/m1/s1. The Labute approximate surface area is 81.4 Å². The minimum Gasteiger partial charge on any atom is -0.394 e. The molecule has 0 aliphatic carbocycles. The molecule has 0 aromatic heterocycles.